The largest absolute Gasteiger partial charge is 0.349 e. The minimum absolute atomic E-state index is 0.0148. The van der Waals surface area contributed by atoms with Crippen LogP contribution >= 0.6 is 0 Å². The van der Waals surface area contributed by atoms with Crippen LogP contribution in [0.3, 0.4) is 0 Å². The highest BCUT2D eigenvalue weighted by Crippen LogP contribution is 2.31. The highest BCUT2D eigenvalue weighted by Gasteiger charge is 2.32. The smallest absolute Gasteiger partial charge is 0.223 e. The van der Waals surface area contributed by atoms with Crippen LogP contribution in [0.1, 0.15) is 37.8 Å². The summed E-state index contributed by atoms with van der Waals surface area (Å²) in [6.45, 7) is 2.44. The molecule has 0 radical (unpaired) electrons. The Balaban J connectivity index is 1.98. The average molecular weight is 264 g/mol. The van der Waals surface area contributed by atoms with E-state index in [1.807, 2.05) is 13.0 Å². The molecule has 1 amide bonds. The number of nitrogens with one attached hydrogen (secondary N) is 1. The molecule has 19 heavy (non-hydrogen) atoms. The lowest BCUT2D eigenvalue weighted by atomic mass is 9.94. The molecular weight excluding hydrogens is 243 g/mol. The van der Waals surface area contributed by atoms with Crippen molar-refractivity contribution in [3.8, 4) is 0 Å². The second-order valence-corrected chi connectivity index (χ2v) is 5.32. The summed E-state index contributed by atoms with van der Waals surface area (Å²) in [6, 6.07) is 6.16. The number of rotatable bonds is 4. The molecule has 1 aliphatic rings. The predicted molar refractivity (Wildman–Crippen MR) is 72.8 cm³/mol. The molecule has 0 bridgehead atoms. The van der Waals surface area contributed by atoms with Gasteiger partial charge >= 0.3 is 0 Å². The van der Waals surface area contributed by atoms with Gasteiger partial charge in [-0.3, -0.25) is 4.79 Å². The van der Waals surface area contributed by atoms with Crippen LogP contribution in [-0.4, -0.2) is 12.5 Å². The molecule has 1 aromatic rings. The number of benzene rings is 1. The van der Waals surface area contributed by atoms with Gasteiger partial charge in [-0.2, -0.15) is 0 Å². The van der Waals surface area contributed by atoms with Crippen LogP contribution in [0.25, 0.3) is 0 Å². The molecule has 3 nitrogen and oxygen atoms in total. The minimum atomic E-state index is -0.278. The van der Waals surface area contributed by atoms with Crippen LogP contribution in [0.5, 0.6) is 0 Å². The Morgan fingerprint density at radius 1 is 1.53 bits per heavy atom. The fourth-order valence-corrected chi connectivity index (χ4v) is 2.84. The van der Waals surface area contributed by atoms with Crippen molar-refractivity contribution in [1.29, 1.82) is 0 Å². The molecule has 0 aromatic heterocycles. The molecular formula is C15H21FN2O. The monoisotopic (exact) mass is 264 g/mol. The Morgan fingerprint density at radius 3 is 3.00 bits per heavy atom. The van der Waals surface area contributed by atoms with Gasteiger partial charge in [0, 0.05) is 5.92 Å². The third-order valence-electron chi connectivity index (χ3n) is 4.01. The molecule has 1 aromatic carbocycles. The van der Waals surface area contributed by atoms with E-state index >= 15 is 0 Å². The van der Waals surface area contributed by atoms with Crippen molar-refractivity contribution < 1.29 is 9.18 Å². The summed E-state index contributed by atoms with van der Waals surface area (Å²) < 4.78 is 13.2. The summed E-state index contributed by atoms with van der Waals surface area (Å²) in [5.41, 5.74) is 6.48. The van der Waals surface area contributed by atoms with Gasteiger partial charge in [0.25, 0.3) is 0 Å². The Kier molecular flexibility index (Phi) is 4.53. The number of hydrogen-bond donors (Lipinski definition) is 2. The van der Waals surface area contributed by atoms with Crippen molar-refractivity contribution >= 4 is 5.91 Å². The molecule has 0 aliphatic heterocycles. The molecule has 2 unspecified atom stereocenters. The second-order valence-electron chi connectivity index (χ2n) is 5.32. The number of carbonyl (C=O) groups is 1. The summed E-state index contributed by atoms with van der Waals surface area (Å²) in [5, 5.41) is 2.97. The topological polar surface area (TPSA) is 55.1 Å². The van der Waals surface area contributed by atoms with Crippen molar-refractivity contribution in [3.63, 3.8) is 0 Å². The van der Waals surface area contributed by atoms with Crippen molar-refractivity contribution in [2.24, 2.45) is 17.6 Å². The maximum absolute atomic E-state index is 13.2. The number of nitrogens with two attached hydrogens (primary N) is 1. The molecule has 0 saturated heterocycles. The highest BCUT2D eigenvalue weighted by molar-refractivity contribution is 5.79. The number of hydrogen-bond acceptors (Lipinski definition) is 2. The molecule has 3 atom stereocenters. The zero-order chi connectivity index (χ0) is 13.8. The molecule has 104 valence electrons. The lowest BCUT2D eigenvalue weighted by Gasteiger charge is -2.21. The van der Waals surface area contributed by atoms with Crippen LogP contribution in [0.2, 0.25) is 0 Å². The van der Waals surface area contributed by atoms with Gasteiger partial charge in [-0.1, -0.05) is 18.6 Å². The summed E-state index contributed by atoms with van der Waals surface area (Å²) in [4.78, 5) is 12.2. The summed E-state index contributed by atoms with van der Waals surface area (Å²) >= 11 is 0. The van der Waals surface area contributed by atoms with Gasteiger partial charge in [0.05, 0.1) is 6.04 Å². The van der Waals surface area contributed by atoms with E-state index in [2.05, 4.69) is 5.32 Å². The highest BCUT2D eigenvalue weighted by atomic mass is 19.1. The molecule has 3 N–H and O–H groups in total. The Bertz CT molecular complexity index is 450. The molecule has 1 saturated carbocycles. The molecule has 0 spiro atoms. The minimum Gasteiger partial charge on any atom is -0.349 e. The summed E-state index contributed by atoms with van der Waals surface area (Å²) in [7, 11) is 0. The number of halogens is 1. The van der Waals surface area contributed by atoms with Crippen molar-refractivity contribution in [3.05, 3.63) is 35.6 Å². The first-order chi connectivity index (χ1) is 9.11. The number of amides is 1. The Morgan fingerprint density at radius 2 is 2.32 bits per heavy atom. The van der Waals surface area contributed by atoms with E-state index in [1.165, 1.54) is 12.1 Å². The lowest BCUT2D eigenvalue weighted by molar-refractivity contribution is -0.126. The fraction of sp³-hybridized carbons (Fsp3) is 0.533. The van der Waals surface area contributed by atoms with E-state index in [9.17, 15) is 9.18 Å². The van der Waals surface area contributed by atoms with Gasteiger partial charge in [-0.25, -0.2) is 4.39 Å². The normalized spacial score (nSPS) is 24.2. The zero-order valence-electron chi connectivity index (χ0n) is 11.2. The molecule has 1 aliphatic carbocycles. The van der Waals surface area contributed by atoms with Crippen LogP contribution in [0.4, 0.5) is 4.39 Å². The quantitative estimate of drug-likeness (QED) is 0.877. The molecule has 1 fully saturated rings. The van der Waals surface area contributed by atoms with Gasteiger partial charge < -0.3 is 11.1 Å². The molecule has 2 rings (SSSR count). The third-order valence-corrected chi connectivity index (χ3v) is 4.01. The predicted octanol–water partition coefficient (Wildman–Crippen LogP) is 2.38. The van der Waals surface area contributed by atoms with Crippen LogP contribution in [0.15, 0.2) is 24.3 Å². The average Bonchev–Trinajstić information content (AvgIpc) is 2.87. The fourth-order valence-electron chi connectivity index (χ4n) is 2.84. The van der Waals surface area contributed by atoms with Gasteiger partial charge in [0.1, 0.15) is 5.82 Å². The summed E-state index contributed by atoms with van der Waals surface area (Å²) in [6.07, 6.45) is 3.00. The van der Waals surface area contributed by atoms with Crippen molar-refractivity contribution in [2.75, 3.05) is 6.54 Å². The van der Waals surface area contributed by atoms with E-state index in [-0.39, 0.29) is 23.7 Å². The maximum atomic E-state index is 13.2. The third kappa shape index (κ3) is 3.32. The van der Waals surface area contributed by atoms with Gasteiger partial charge in [-0.05, 0) is 49.9 Å². The summed E-state index contributed by atoms with van der Waals surface area (Å²) in [5.74, 6) is 0.0738. The van der Waals surface area contributed by atoms with Crippen molar-refractivity contribution in [1.82, 2.24) is 5.32 Å². The zero-order valence-corrected chi connectivity index (χ0v) is 11.2. The van der Waals surface area contributed by atoms with Crippen LogP contribution in [-0.2, 0) is 4.79 Å². The van der Waals surface area contributed by atoms with E-state index < -0.39 is 0 Å². The van der Waals surface area contributed by atoms with Crippen LogP contribution in [0, 0.1) is 17.7 Å². The number of carbonyl (C=O) groups excluding carboxylic acids is 1. The van der Waals surface area contributed by atoms with Crippen molar-refractivity contribution in [2.45, 2.75) is 32.2 Å². The van der Waals surface area contributed by atoms with E-state index in [4.69, 9.17) is 5.73 Å². The molecule has 0 heterocycles. The van der Waals surface area contributed by atoms with E-state index in [1.54, 1.807) is 6.07 Å². The van der Waals surface area contributed by atoms with Crippen LogP contribution < -0.4 is 11.1 Å². The SMILES string of the molecule is C[C@H](NC(=O)C1CCCC1CN)c1cccc(F)c1. The first-order valence-electron chi connectivity index (χ1n) is 6.87. The van der Waals surface area contributed by atoms with E-state index in [0.29, 0.717) is 12.5 Å². The van der Waals surface area contributed by atoms with Gasteiger partial charge in [0.15, 0.2) is 0 Å². The Labute approximate surface area is 113 Å². The standard InChI is InChI=1S/C15H21FN2O/c1-10(11-4-2-6-13(16)8-11)18-15(19)14-7-3-5-12(14)9-17/h2,4,6,8,10,12,14H,3,5,7,9,17H2,1H3,(H,18,19)/t10-,12?,14?/m0/s1. The molecule has 4 heteroatoms. The van der Waals surface area contributed by atoms with Gasteiger partial charge in [-0.15, -0.1) is 0 Å². The first kappa shape index (κ1) is 14.0. The lowest BCUT2D eigenvalue weighted by Crippen LogP contribution is -2.36. The Hall–Kier alpha value is -1.42. The van der Waals surface area contributed by atoms with E-state index in [0.717, 1.165) is 24.8 Å². The maximum Gasteiger partial charge on any atom is 0.223 e. The first-order valence-corrected chi connectivity index (χ1v) is 6.87. The van der Waals surface area contributed by atoms with Gasteiger partial charge in [0.2, 0.25) is 5.91 Å². The second kappa shape index (κ2) is 6.15.